The van der Waals surface area contributed by atoms with Crippen LogP contribution in [0, 0.1) is 13.8 Å². The standard InChI is InChI=1S/C24H26N6O5/c1-13-21-24(27-17-10-18(33-3)22(35-5)19(11-17)34-4)28-23(29-30(21)14(2)25-13)15-6-8-16(9-7-15)26-20(32)12-31/h6-11,31H,12H2,1-5H3,(H,26,32)(H,27,28,29). The Morgan fingerprint density at radius 1 is 0.971 bits per heavy atom. The smallest absolute Gasteiger partial charge is 0.250 e. The number of nitrogens with zero attached hydrogens (tertiary/aromatic N) is 4. The molecule has 0 atom stereocenters. The lowest BCUT2D eigenvalue weighted by atomic mass is 10.2. The van der Waals surface area contributed by atoms with Gasteiger partial charge < -0.3 is 30.0 Å². The number of carbonyl (C=O) groups excluding carboxylic acids is 1. The van der Waals surface area contributed by atoms with Crippen molar-refractivity contribution in [2.45, 2.75) is 13.8 Å². The van der Waals surface area contributed by atoms with Crippen LogP contribution >= 0.6 is 0 Å². The third-order valence-corrected chi connectivity index (χ3v) is 5.33. The lowest BCUT2D eigenvalue weighted by Crippen LogP contribution is -2.15. The van der Waals surface area contributed by atoms with Gasteiger partial charge in [0.1, 0.15) is 17.9 Å². The molecule has 3 N–H and O–H groups in total. The zero-order valence-corrected chi connectivity index (χ0v) is 20.0. The lowest BCUT2D eigenvalue weighted by Gasteiger charge is -2.16. The molecule has 2 heterocycles. The van der Waals surface area contributed by atoms with Gasteiger partial charge in [0.2, 0.25) is 11.7 Å². The number of hydrogen-bond acceptors (Lipinski definition) is 9. The molecular weight excluding hydrogens is 452 g/mol. The highest BCUT2D eigenvalue weighted by atomic mass is 16.5. The van der Waals surface area contributed by atoms with Crippen LogP contribution in [0.25, 0.3) is 16.9 Å². The number of amides is 1. The summed E-state index contributed by atoms with van der Waals surface area (Å²) in [7, 11) is 4.66. The van der Waals surface area contributed by atoms with Gasteiger partial charge in [-0.3, -0.25) is 4.79 Å². The molecule has 1 amide bonds. The zero-order valence-electron chi connectivity index (χ0n) is 20.0. The van der Waals surface area contributed by atoms with Gasteiger partial charge in [-0.05, 0) is 38.1 Å². The van der Waals surface area contributed by atoms with E-state index in [4.69, 9.17) is 24.3 Å². The summed E-state index contributed by atoms with van der Waals surface area (Å²) < 4.78 is 18.1. The molecule has 182 valence electrons. The molecule has 0 saturated heterocycles. The first-order valence-corrected chi connectivity index (χ1v) is 10.7. The fourth-order valence-electron chi connectivity index (χ4n) is 3.73. The summed E-state index contributed by atoms with van der Waals surface area (Å²) in [6.07, 6.45) is 0. The molecule has 0 saturated carbocycles. The Bertz CT molecular complexity index is 1360. The van der Waals surface area contributed by atoms with Gasteiger partial charge in [0.05, 0.1) is 27.0 Å². The highest BCUT2D eigenvalue weighted by Crippen LogP contribution is 2.41. The van der Waals surface area contributed by atoms with Crippen LogP contribution in [-0.2, 0) is 4.79 Å². The quantitative estimate of drug-likeness (QED) is 0.349. The Labute approximate surface area is 201 Å². The number of benzene rings is 2. The average Bonchev–Trinajstić information content (AvgIpc) is 3.16. The summed E-state index contributed by atoms with van der Waals surface area (Å²) in [6.45, 7) is 3.18. The van der Waals surface area contributed by atoms with Crippen LogP contribution in [0.5, 0.6) is 17.2 Å². The summed E-state index contributed by atoms with van der Waals surface area (Å²) in [6, 6.07) is 10.6. The van der Waals surface area contributed by atoms with Crippen LogP contribution < -0.4 is 24.8 Å². The Balaban J connectivity index is 1.79. The number of ether oxygens (including phenoxy) is 3. The van der Waals surface area contributed by atoms with E-state index >= 15 is 0 Å². The minimum atomic E-state index is -0.587. The zero-order chi connectivity index (χ0) is 25.1. The van der Waals surface area contributed by atoms with Crippen LogP contribution in [0.4, 0.5) is 17.2 Å². The molecule has 0 aliphatic rings. The SMILES string of the molecule is COc1cc(Nc2nc(-c3ccc(NC(=O)CO)cc3)nn3c(C)nc(C)c23)cc(OC)c1OC. The van der Waals surface area contributed by atoms with Gasteiger partial charge in [0.15, 0.2) is 23.1 Å². The Hall–Kier alpha value is -4.38. The van der Waals surface area contributed by atoms with E-state index in [1.54, 1.807) is 62.2 Å². The van der Waals surface area contributed by atoms with Crippen molar-refractivity contribution < 1.29 is 24.1 Å². The van der Waals surface area contributed by atoms with Gasteiger partial charge in [-0.25, -0.2) is 14.5 Å². The molecule has 4 rings (SSSR count). The van der Waals surface area contributed by atoms with Crippen molar-refractivity contribution in [2.75, 3.05) is 38.6 Å². The number of aliphatic hydroxyl groups excluding tert-OH is 1. The third kappa shape index (κ3) is 4.66. The Kier molecular flexibility index (Phi) is 6.69. The summed E-state index contributed by atoms with van der Waals surface area (Å²) in [5.74, 6) is 2.70. The van der Waals surface area contributed by atoms with E-state index in [9.17, 15) is 4.79 Å². The first-order chi connectivity index (χ1) is 16.9. The second kappa shape index (κ2) is 9.85. The fourth-order valence-corrected chi connectivity index (χ4v) is 3.73. The van der Waals surface area contributed by atoms with Crippen molar-refractivity contribution in [3.8, 4) is 28.6 Å². The molecule has 0 unspecified atom stereocenters. The first-order valence-electron chi connectivity index (χ1n) is 10.7. The topological polar surface area (TPSA) is 132 Å². The predicted octanol–water partition coefficient (Wildman–Crippen LogP) is 3.11. The largest absolute Gasteiger partial charge is 0.493 e. The number of aryl methyl sites for hydroxylation is 2. The number of aromatic nitrogens is 4. The summed E-state index contributed by atoms with van der Waals surface area (Å²) in [4.78, 5) is 20.8. The molecule has 11 heteroatoms. The molecule has 2 aromatic carbocycles. The monoisotopic (exact) mass is 478 g/mol. The molecule has 35 heavy (non-hydrogen) atoms. The lowest BCUT2D eigenvalue weighted by molar-refractivity contribution is -0.118. The first kappa shape index (κ1) is 23.8. The van der Waals surface area contributed by atoms with Crippen molar-refractivity contribution in [2.24, 2.45) is 0 Å². The number of anilines is 3. The molecule has 2 aromatic heterocycles. The molecule has 0 aliphatic carbocycles. The fraction of sp³-hybridized carbons (Fsp3) is 0.250. The minimum absolute atomic E-state index is 0.452. The number of aliphatic hydroxyl groups is 1. The summed E-state index contributed by atoms with van der Waals surface area (Å²) in [5.41, 5.74) is 3.45. The van der Waals surface area contributed by atoms with Crippen LogP contribution in [0.3, 0.4) is 0 Å². The summed E-state index contributed by atoms with van der Waals surface area (Å²) >= 11 is 0. The number of rotatable bonds is 8. The summed E-state index contributed by atoms with van der Waals surface area (Å²) in [5, 5.41) is 19.6. The highest BCUT2D eigenvalue weighted by molar-refractivity contribution is 5.91. The maximum absolute atomic E-state index is 11.4. The van der Waals surface area contributed by atoms with E-state index in [2.05, 4.69) is 20.7 Å². The highest BCUT2D eigenvalue weighted by Gasteiger charge is 2.18. The van der Waals surface area contributed by atoms with Crippen molar-refractivity contribution in [3.05, 3.63) is 47.9 Å². The number of fused-ring (bicyclic) bond motifs is 1. The Morgan fingerprint density at radius 2 is 1.63 bits per heavy atom. The average molecular weight is 479 g/mol. The molecule has 0 fully saturated rings. The van der Waals surface area contributed by atoms with E-state index in [0.717, 1.165) is 16.8 Å². The van der Waals surface area contributed by atoms with Crippen LogP contribution in [0.2, 0.25) is 0 Å². The second-order valence-corrected chi connectivity index (χ2v) is 7.61. The van der Waals surface area contributed by atoms with Gasteiger partial charge in [0.25, 0.3) is 0 Å². The van der Waals surface area contributed by atoms with Gasteiger partial charge in [-0.2, -0.15) is 0 Å². The third-order valence-electron chi connectivity index (χ3n) is 5.33. The molecule has 11 nitrogen and oxygen atoms in total. The number of hydrogen-bond donors (Lipinski definition) is 3. The van der Waals surface area contributed by atoms with Gasteiger partial charge in [-0.1, -0.05) is 0 Å². The number of nitrogens with one attached hydrogen (secondary N) is 2. The number of methoxy groups -OCH3 is 3. The van der Waals surface area contributed by atoms with E-state index in [1.165, 1.54) is 0 Å². The second-order valence-electron chi connectivity index (χ2n) is 7.61. The number of imidazole rings is 1. The van der Waals surface area contributed by atoms with Crippen LogP contribution in [-0.4, -0.2) is 58.5 Å². The van der Waals surface area contributed by atoms with Crippen LogP contribution in [0.15, 0.2) is 36.4 Å². The van der Waals surface area contributed by atoms with Gasteiger partial charge in [-0.15, -0.1) is 5.10 Å². The molecular formula is C24H26N6O5. The molecule has 0 aliphatic heterocycles. The molecule has 4 aromatic rings. The molecule has 0 radical (unpaired) electrons. The van der Waals surface area contributed by atoms with Crippen LogP contribution in [0.1, 0.15) is 11.5 Å². The maximum Gasteiger partial charge on any atom is 0.250 e. The predicted molar refractivity (Wildman–Crippen MR) is 131 cm³/mol. The van der Waals surface area contributed by atoms with Crippen molar-refractivity contribution >= 4 is 28.6 Å². The van der Waals surface area contributed by atoms with Gasteiger partial charge >= 0.3 is 0 Å². The van der Waals surface area contributed by atoms with Crippen molar-refractivity contribution in [3.63, 3.8) is 0 Å². The van der Waals surface area contributed by atoms with Gasteiger partial charge in [0, 0.05) is 29.1 Å². The van der Waals surface area contributed by atoms with E-state index < -0.39 is 12.5 Å². The number of carbonyl (C=O) groups is 1. The minimum Gasteiger partial charge on any atom is -0.493 e. The molecule has 0 bridgehead atoms. The van der Waals surface area contributed by atoms with Crippen molar-refractivity contribution in [1.29, 1.82) is 0 Å². The Morgan fingerprint density at radius 3 is 2.20 bits per heavy atom. The van der Waals surface area contributed by atoms with E-state index in [0.29, 0.717) is 46.1 Å². The van der Waals surface area contributed by atoms with E-state index in [-0.39, 0.29) is 0 Å². The normalized spacial score (nSPS) is 10.8. The maximum atomic E-state index is 11.4. The molecule has 0 spiro atoms. The van der Waals surface area contributed by atoms with E-state index in [1.807, 2.05) is 13.8 Å². The van der Waals surface area contributed by atoms with Crippen molar-refractivity contribution in [1.82, 2.24) is 19.6 Å².